The van der Waals surface area contributed by atoms with Gasteiger partial charge in [-0.05, 0) is 42.5 Å². The van der Waals surface area contributed by atoms with Gasteiger partial charge >= 0.3 is 6.03 Å². The van der Waals surface area contributed by atoms with Crippen LogP contribution in [0.25, 0.3) is 0 Å². The molecule has 10 heteroatoms. The second-order valence-corrected chi connectivity index (χ2v) is 11.6. The second-order valence-electron chi connectivity index (χ2n) is 9.61. The monoisotopic (exact) mass is 512 g/mol. The Kier molecular flexibility index (Phi) is 7.46. The molecule has 2 aromatic rings. The maximum absolute atomic E-state index is 13.3. The summed E-state index contributed by atoms with van der Waals surface area (Å²) in [6, 6.07) is 15.6. The van der Waals surface area contributed by atoms with Crippen LogP contribution in [-0.4, -0.2) is 67.5 Å². The molecule has 192 valence electrons. The Morgan fingerprint density at radius 2 is 1.69 bits per heavy atom. The molecule has 2 fully saturated rings. The topological polar surface area (TPSA) is 116 Å². The van der Waals surface area contributed by atoms with Crippen molar-refractivity contribution in [2.75, 3.05) is 25.9 Å². The van der Waals surface area contributed by atoms with Crippen molar-refractivity contribution < 1.29 is 22.8 Å². The third-order valence-electron chi connectivity index (χ3n) is 6.96. The van der Waals surface area contributed by atoms with Gasteiger partial charge in [-0.2, -0.15) is 0 Å². The number of carbonyl (C=O) groups excluding carboxylic acids is 3. The largest absolute Gasteiger partial charge is 0.349 e. The zero-order valence-electron chi connectivity index (χ0n) is 20.6. The smallest absolute Gasteiger partial charge is 0.325 e. The van der Waals surface area contributed by atoms with Gasteiger partial charge in [0.2, 0.25) is 5.91 Å². The Morgan fingerprint density at radius 3 is 2.28 bits per heavy atom. The summed E-state index contributed by atoms with van der Waals surface area (Å²) in [5.41, 5.74) is 0.835. The average molecular weight is 513 g/mol. The van der Waals surface area contributed by atoms with Crippen LogP contribution in [-0.2, 0) is 26.0 Å². The first-order valence-corrected chi connectivity index (χ1v) is 13.9. The first kappa shape index (κ1) is 25.8. The lowest BCUT2D eigenvalue weighted by Crippen LogP contribution is -2.55. The molecule has 0 unspecified atom stereocenters. The number of rotatable bonds is 8. The third kappa shape index (κ3) is 5.76. The minimum atomic E-state index is -3.31. The summed E-state index contributed by atoms with van der Waals surface area (Å²) in [5, 5.41) is 5.94. The van der Waals surface area contributed by atoms with Crippen molar-refractivity contribution in [3.05, 3.63) is 65.7 Å². The fourth-order valence-corrected chi connectivity index (χ4v) is 5.54. The normalized spacial score (nSPS) is 18.8. The fourth-order valence-electron chi connectivity index (χ4n) is 4.91. The highest BCUT2D eigenvalue weighted by molar-refractivity contribution is 7.90. The molecule has 1 spiro atoms. The van der Waals surface area contributed by atoms with Crippen molar-refractivity contribution >= 4 is 27.7 Å². The summed E-state index contributed by atoms with van der Waals surface area (Å²) < 4.78 is 23.3. The molecule has 2 N–H and O–H groups in total. The predicted molar refractivity (Wildman–Crippen MR) is 135 cm³/mol. The van der Waals surface area contributed by atoms with Crippen molar-refractivity contribution in [3.8, 4) is 0 Å². The Hall–Kier alpha value is -3.24. The summed E-state index contributed by atoms with van der Waals surface area (Å²) in [7, 11) is -3.31. The summed E-state index contributed by atoms with van der Waals surface area (Å²) in [6.07, 6.45) is 2.90. The average Bonchev–Trinajstić information content (AvgIpc) is 3.07. The fraction of sp³-hybridized carbons (Fsp3) is 0.423. The number of urea groups is 1. The third-order valence-corrected chi connectivity index (χ3v) is 8.09. The maximum atomic E-state index is 13.3. The number of imide groups is 1. The number of hydrogen-bond acceptors (Lipinski definition) is 6. The van der Waals surface area contributed by atoms with Crippen LogP contribution in [0.15, 0.2) is 59.5 Å². The van der Waals surface area contributed by atoms with Gasteiger partial charge < -0.3 is 15.5 Å². The first-order chi connectivity index (χ1) is 17.1. The maximum Gasteiger partial charge on any atom is 0.325 e. The quantitative estimate of drug-likeness (QED) is 0.524. The van der Waals surface area contributed by atoms with E-state index in [1.807, 2.05) is 30.3 Å². The van der Waals surface area contributed by atoms with E-state index in [4.69, 9.17) is 0 Å². The number of amides is 4. The zero-order chi connectivity index (χ0) is 25.9. The summed E-state index contributed by atoms with van der Waals surface area (Å²) >= 11 is 0. The van der Waals surface area contributed by atoms with Crippen LogP contribution >= 0.6 is 0 Å². The summed E-state index contributed by atoms with van der Waals surface area (Å²) in [4.78, 5) is 41.3. The van der Waals surface area contributed by atoms with E-state index in [2.05, 4.69) is 15.5 Å². The predicted octanol–water partition coefficient (Wildman–Crippen LogP) is 2.24. The molecule has 1 atom stereocenters. The molecular formula is C26H32N4O5S. The Balaban J connectivity index is 1.34. The van der Waals surface area contributed by atoms with E-state index in [0.717, 1.165) is 24.8 Å². The highest BCUT2D eigenvalue weighted by Gasteiger charge is 2.52. The standard InChI is InChI=1S/C26H32N4O5S/c1-19(31)27-23(21-6-4-3-5-7-21)12-15-29-16-13-26(14-17-29)24(32)30(25(33)28-26)18-20-8-10-22(11-9-20)36(2,34)35/h3-11,23H,12-18H2,1-2H3,(H,27,31)(H,28,33)/t23-/m0/s1. The molecule has 2 aliphatic heterocycles. The molecule has 4 amide bonds. The van der Waals surface area contributed by atoms with Crippen molar-refractivity contribution in [1.29, 1.82) is 0 Å². The van der Waals surface area contributed by atoms with Gasteiger partial charge in [-0.3, -0.25) is 14.5 Å². The van der Waals surface area contributed by atoms with Crippen molar-refractivity contribution in [2.24, 2.45) is 0 Å². The van der Waals surface area contributed by atoms with Crippen LogP contribution in [0.4, 0.5) is 4.79 Å². The minimum Gasteiger partial charge on any atom is -0.349 e. The molecule has 2 aliphatic rings. The molecule has 36 heavy (non-hydrogen) atoms. The van der Waals surface area contributed by atoms with E-state index in [1.54, 1.807) is 12.1 Å². The van der Waals surface area contributed by atoms with E-state index in [-0.39, 0.29) is 29.3 Å². The number of sulfone groups is 1. The molecule has 0 radical (unpaired) electrons. The lowest BCUT2D eigenvalue weighted by molar-refractivity contribution is -0.133. The van der Waals surface area contributed by atoms with E-state index >= 15 is 0 Å². The van der Waals surface area contributed by atoms with Gasteiger partial charge in [0.15, 0.2) is 9.84 Å². The Bertz CT molecular complexity index is 1220. The molecule has 0 saturated carbocycles. The molecule has 2 heterocycles. The molecule has 0 bridgehead atoms. The lowest BCUT2D eigenvalue weighted by Gasteiger charge is -2.37. The van der Waals surface area contributed by atoms with Gasteiger partial charge in [-0.1, -0.05) is 42.5 Å². The van der Waals surface area contributed by atoms with Crippen LogP contribution in [0.3, 0.4) is 0 Å². The highest BCUT2D eigenvalue weighted by atomic mass is 32.2. The Labute approximate surface area is 211 Å². The van der Waals surface area contributed by atoms with Gasteiger partial charge in [0.05, 0.1) is 17.5 Å². The number of piperidine rings is 1. The molecule has 2 saturated heterocycles. The van der Waals surface area contributed by atoms with E-state index < -0.39 is 21.4 Å². The van der Waals surface area contributed by atoms with Crippen LogP contribution < -0.4 is 10.6 Å². The van der Waals surface area contributed by atoms with Gasteiger partial charge in [-0.25, -0.2) is 13.2 Å². The van der Waals surface area contributed by atoms with Crippen LogP contribution in [0, 0.1) is 0 Å². The van der Waals surface area contributed by atoms with Crippen LogP contribution in [0.1, 0.15) is 43.4 Å². The van der Waals surface area contributed by atoms with Gasteiger partial charge in [0.1, 0.15) is 5.54 Å². The molecule has 4 rings (SSSR count). The summed E-state index contributed by atoms with van der Waals surface area (Å²) in [5.74, 6) is -0.313. The first-order valence-electron chi connectivity index (χ1n) is 12.0. The lowest BCUT2D eigenvalue weighted by atomic mass is 9.87. The number of nitrogens with zero attached hydrogens (tertiary/aromatic N) is 2. The number of carbonyl (C=O) groups is 3. The molecule has 0 aliphatic carbocycles. The van der Waals surface area contributed by atoms with Crippen LogP contribution in [0.5, 0.6) is 0 Å². The van der Waals surface area contributed by atoms with E-state index in [9.17, 15) is 22.8 Å². The van der Waals surface area contributed by atoms with Crippen molar-refractivity contribution in [2.45, 2.75) is 49.2 Å². The molecule has 0 aromatic heterocycles. The number of likely N-dealkylation sites (tertiary alicyclic amines) is 1. The van der Waals surface area contributed by atoms with Crippen LogP contribution in [0.2, 0.25) is 0 Å². The molecule has 2 aromatic carbocycles. The number of hydrogen-bond donors (Lipinski definition) is 2. The van der Waals surface area contributed by atoms with Gasteiger partial charge in [0, 0.05) is 32.8 Å². The zero-order valence-corrected chi connectivity index (χ0v) is 21.4. The van der Waals surface area contributed by atoms with E-state index in [0.29, 0.717) is 31.5 Å². The van der Waals surface area contributed by atoms with Gasteiger partial charge in [0.25, 0.3) is 5.91 Å². The number of nitrogens with one attached hydrogen (secondary N) is 2. The van der Waals surface area contributed by atoms with E-state index in [1.165, 1.54) is 24.0 Å². The SMILES string of the molecule is CC(=O)N[C@@H](CCN1CCC2(CC1)NC(=O)N(Cc1ccc(S(C)(=O)=O)cc1)C2=O)c1ccccc1. The molecular weight excluding hydrogens is 480 g/mol. The summed E-state index contributed by atoms with van der Waals surface area (Å²) in [6.45, 7) is 3.68. The molecule has 9 nitrogen and oxygen atoms in total. The number of benzene rings is 2. The van der Waals surface area contributed by atoms with Crippen molar-refractivity contribution in [1.82, 2.24) is 20.4 Å². The minimum absolute atomic E-state index is 0.0771. The van der Waals surface area contributed by atoms with Crippen molar-refractivity contribution in [3.63, 3.8) is 0 Å². The Morgan fingerprint density at radius 1 is 1.06 bits per heavy atom. The second kappa shape index (κ2) is 10.4. The van der Waals surface area contributed by atoms with Gasteiger partial charge in [-0.15, -0.1) is 0 Å². The highest BCUT2D eigenvalue weighted by Crippen LogP contribution is 2.31.